The van der Waals surface area contributed by atoms with Crippen LogP contribution in [0.5, 0.6) is 0 Å². The molecule has 0 saturated heterocycles. The molecule has 0 aliphatic carbocycles. The van der Waals surface area contributed by atoms with Gasteiger partial charge in [-0.3, -0.25) is 4.98 Å². The van der Waals surface area contributed by atoms with Crippen LogP contribution in [-0.4, -0.2) is 16.2 Å². The normalized spacial score (nSPS) is 12.3. The Morgan fingerprint density at radius 3 is 2.39 bits per heavy atom. The van der Waals surface area contributed by atoms with Gasteiger partial charge in [0.25, 0.3) is 0 Å². The maximum atomic E-state index is 14.7. The van der Waals surface area contributed by atoms with Gasteiger partial charge in [-0.05, 0) is 49.8 Å². The van der Waals surface area contributed by atoms with Crippen molar-refractivity contribution in [3.63, 3.8) is 0 Å². The molecule has 1 atom stereocenters. The summed E-state index contributed by atoms with van der Waals surface area (Å²) in [6.45, 7) is 5.46. The minimum absolute atomic E-state index is 0.221. The Bertz CT molecular complexity index is 1040. The molecule has 0 saturated carbocycles. The summed E-state index contributed by atoms with van der Waals surface area (Å²) in [7, 11) is 0. The summed E-state index contributed by atoms with van der Waals surface area (Å²) in [5.41, 5.74) is 3.87. The Morgan fingerprint density at radius 2 is 1.74 bits per heavy atom. The van der Waals surface area contributed by atoms with Crippen LogP contribution in [0.4, 0.5) is 8.78 Å². The first kappa shape index (κ1) is 22.6. The molecular weight excluding hydrogens is 392 g/mol. The predicted octanol–water partition coefficient (Wildman–Crippen LogP) is 6.99. The summed E-state index contributed by atoms with van der Waals surface area (Å²) in [6.07, 6.45) is 9.66. The van der Waals surface area contributed by atoms with Crippen molar-refractivity contribution in [2.24, 2.45) is 0 Å². The number of hydrogen-bond donors (Lipinski definition) is 1. The molecule has 160 valence electrons. The number of nitrogens with zero attached hydrogens (tertiary/aromatic N) is 1. The molecule has 0 spiro atoms. The van der Waals surface area contributed by atoms with E-state index in [4.69, 9.17) is 0 Å². The minimum Gasteiger partial charge on any atom is -0.393 e. The van der Waals surface area contributed by atoms with Crippen LogP contribution in [-0.2, 0) is 6.42 Å². The van der Waals surface area contributed by atoms with Gasteiger partial charge in [0.1, 0.15) is 0 Å². The number of aliphatic hydroxyl groups is 1. The number of rotatable bonds is 9. The van der Waals surface area contributed by atoms with Crippen molar-refractivity contribution in [3.05, 3.63) is 96.2 Å². The summed E-state index contributed by atoms with van der Waals surface area (Å²) >= 11 is 0. The van der Waals surface area contributed by atoms with Crippen LogP contribution in [0.3, 0.4) is 0 Å². The van der Waals surface area contributed by atoms with Crippen molar-refractivity contribution in [2.45, 2.75) is 38.7 Å². The first-order chi connectivity index (χ1) is 15.0. The van der Waals surface area contributed by atoms with Gasteiger partial charge in [-0.25, -0.2) is 8.78 Å². The summed E-state index contributed by atoms with van der Waals surface area (Å²) in [5, 5.41) is 9.26. The van der Waals surface area contributed by atoms with Crippen molar-refractivity contribution in [2.75, 3.05) is 0 Å². The molecule has 0 aliphatic rings. The quantitative estimate of drug-likeness (QED) is 0.300. The molecule has 4 heteroatoms. The molecule has 31 heavy (non-hydrogen) atoms. The molecule has 1 unspecified atom stereocenters. The number of aliphatic hydroxyl groups excluding tert-OH is 1. The van der Waals surface area contributed by atoms with Gasteiger partial charge in [-0.2, -0.15) is 0 Å². The van der Waals surface area contributed by atoms with E-state index in [1.807, 2.05) is 42.6 Å². The zero-order valence-electron chi connectivity index (χ0n) is 17.7. The van der Waals surface area contributed by atoms with E-state index in [1.54, 1.807) is 37.3 Å². The number of halogens is 2. The highest BCUT2D eigenvalue weighted by atomic mass is 19.2. The molecule has 0 bridgehead atoms. The van der Waals surface area contributed by atoms with Crippen molar-refractivity contribution in [1.29, 1.82) is 0 Å². The second-order valence-corrected chi connectivity index (χ2v) is 7.63. The number of allylic oxidation sites excluding steroid dienone is 2. The molecule has 3 aromatic rings. The molecule has 0 fully saturated rings. The SMILES string of the molecule is C=CCc1ccc(-c2ccc(-c3ccc(/C=C/CCCC(C)O)c(F)c3F)cc2)nc1. The Labute approximate surface area is 182 Å². The molecule has 2 aromatic carbocycles. The van der Waals surface area contributed by atoms with Crippen LogP contribution in [0.25, 0.3) is 28.5 Å². The van der Waals surface area contributed by atoms with E-state index in [1.165, 1.54) is 0 Å². The molecule has 0 aliphatic heterocycles. The van der Waals surface area contributed by atoms with Gasteiger partial charge in [0, 0.05) is 22.9 Å². The molecule has 1 aromatic heterocycles. The van der Waals surface area contributed by atoms with Gasteiger partial charge in [0.2, 0.25) is 0 Å². The van der Waals surface area contributed by atoms with Crippen LogP contribution >= 0.6 is 0 Å². The predicted molar refractivity (Wildman–Crippen MR) is 123 cm³/mol. The third kappa shape index (κ3) is 5.96. The number of aromatic nitrogens is 1. The van der Waals surface area contributed by atoms with E-state index < -0.39 is 11.6 Å². The third-order valence-electron chi connectivity index (χ3n) is 5.10. The van der Waals surface area contributed by atoms with Crippen molar-refractivity contribution >= 4 is 6.08 Å². The summed E-state index contributed by atoms with van der Waals surface area (Å²) < 4.78 is 29.3. The van der Waals surface area contributed by atoms with E-state index in [0.717, 1.165) is 29.7 Å². The lowest BCUT2D eigenvalue weighted by molar-refractivity contribution is 0.182. The van der Waals surface area contributed by atoms with Gasteiger partial charge in [-0.1, -0.05) is 60.7 Å². The topological polar surface area (TPSA) is 33.1 Å². The largest absolute Gasteiger partial charge is 0.393 e. The lowest BCUT2D eigenvalue weighted by atomic mass is 10.00. The van der Waals surface area contributed by atoms with Crippen molar-refractivity contribution < 1.29 is 13.9 Å². The van der Waals surface area contributed by atoms with Gasteiger partial charge in [-0.15, -0.1) is 6.58 Å². The number of unbranched alkanes of at least 4 members (excludes halogenated alkanes) is 1. The van der Waals surface area contributed by atoms with Crippen LogP contribution in [0.2, 0.25) is 0 Å². The van der Waals surface area contributed by atoms with Crippen LogP contribution in [0.15, 0.2) is 73.5 Å². The number of pyridine rings is 1. The summed E-state index contributed by atoms with van der Waals surface area (Å²) in [5.74, 6) is -1.71. The van der Waals surface area contributed by atoms with Crippen molar-refractivity contribution in [3.8, 4) is 22.4 Å². The number of benzene rings is 2. The van der Waals surface area contributed by atoms with Gasteiger partial charge in [0.15, 0.2) is 11.6 Å². The maximum Gasteiger partial charge on any atom is 0.167 e. The smallest absolute Gasteiger partial charge is 0.167 e. The molecule has 2 nitrogen and oxygen atoms in total. The summed E-state index contributed by atoms with van der Waals surface area (Å²) in [6, 6.07) is 14.4. The molecule has 1 N–H and O–H groups in total. The minimum atomic E-state index is -0.856. The van der Waals surface area contributed by atoms with E-state index in [9.17, 15) is 13.9 Å². The Balaban J connectivity index is 1.74. The monoisotopic (exact) mass is 419 g/mol. The van der Waals surface area contributed by atoms with Gasteiger partial charge in [0.05, 0.1) is 11.8 Å². The fourth-order valence-corrected chi connectivity index (χ4v) is 3.36. The zero-order valence-corrected chi connectivity index (χ0v) is 17.7. The Hall–Kier alpha value is -3.11. The highest BCUT2D eigenvalue weighted by Crippen LogP contribution is 2.29. The van der Waals surface area contributed by atoms with Gasteiger partial charge >= 0.3 is 0 Å². The standard InChI is InChI=1S/C27H27F2NO/c1-3-7-20-10-17-25(30-18-20)22-13-11-21(12-14-22)24-16-15-23(26(28)27(24)29)9-6-4-5-8-19(2)31/h3,6,9-19,31H,1,4-5,7-8H2,2H3/b9-6+. The molecule has 0 radical (unpaired) electrons. The molecule has 3 rings (SSSR count). The molecule has 1 heterocycles. The Kier molecular flexibility index (Phi) is 7.85. The highest BCUT2D eigenvalue weighted by molar-refractivity contribution is 5.70. The maximum absolute atomic E-state index is 14.7. The number of hydrogen-bond acceptors (Lipinski definition) is 2. The van der Waals surface area contributed by atoms with E-state index in [2.05, 4.69) is 11.6 Å². The Morgan fingerprint density at radius 1 is 1.00 bits per heavy atom. The van der Waals surface area contributed by atoms with Gasteiger partial charge < -0.3 is 5.11 Å². The summed E-state index contributed by atoms with van der Waals surface area (Å²) in [4.78, 5) is 4.46. The first-order valence-corrected chi connectivity index (χ1v) is 10.5. The fourth-order valence-electron chi connectivity index (χ4n) is 3.36. The fraction of sp³-hybridized carbons (Fsp3) is 0.222. The van der Waals surface area contributed by atoms with E-state index >= 15 is 0 Å². The highest BCUT2D eigenvalue weighted by Gasteiger charge is 2.13. The zero-order chi connectivity index (χ0) is 22.2. The van der Waals surface area contributed by atoms with E-state index in [-0.39, 0.29) is 17.2 Å². The average Bonchev–Trinajstić information content (AvgIpc) is 2.77. The van der Waals surface area contributed by atoms with Crippen molar-refractivity contribution in [1.82, 2.24) is 4.98 Å². The third-order valence-corrected chi connectivity index (χ3v) is 5.10. The first-order valence-electron chi connectivity index (χ1n) is 10.5. The van der Waals surface area contributed by atoms with Crippen LogP contribution < -0.4 is 0 Å². The average molecular weight is 420 g/mol. The van der Waals surface area contributed by atoms with Crippen LogP contribution in [0.1, 0.15) is 37.3 Å². The molecular formula is C27H27F2NO. The second kappa shape index (κ2) is 10.8. The second-order valence-electron chi connectivity index (χ2n) is 7.63. The van der Waals surface area contributed by atoms with E-state index in [0.29, 0.717) is 18.4 Å². The lowest BCUT2D eigenvalue weighted by Crippen LogP contribution is -1.97. The lowest BCUT2D eigenvalue weighted by Gasteiger charge is -2.08. The molecule has 0 amide bonds. The van der Waals surface area contributed by atoms with Crippen LogP contribution in [0, 0.1) is 11.6 Å².